The van der Waals surface area contributed by atoms with Crippen LogP contribution in [-0.4, -0.2) is 0 Å². The van der Waals surface area contributed by atoms with Gasteiger partial charge in [0.2, 0.25) is 0 Å². The summed E-state index contributed by atoms with van der Waals surface area (Å²) in [6.45, 7) is 4.70. The van der Waals surface area contributed by atoms with Crippen LogP contribution in [0.2, 0.25) is 0 Å². The van der Waals surface area contributed by atoms with Crippen molar-refractivity contribution >= 4 is 0 Å². The lowest BCUT2D eigenvalue weighted by Gasteiger charge is -2.35. The first-order valence-corrected chi connectivity index (χ1v) is 14.7. The van der Waals surface area contributed by atoms with Crippen molar-refractivity contribution in [3.63, 3.8) is 0 Å². The molecule has 0 heteroatoms. The Bertz CT molecular complexity index is 722. The largest absolute Gasteiger partial charge is 0.0879 e. The van der Waals surface area contributed by atoms with Gasteiger partial charge in [-0.2, -0.15) is 0 Å². The lowest BCUT2D eigenvalue weighted by molar-refractivity contribution is 0.209. The molecule has 0 aliphatic heterocycles. The van der Waals surface area contributed by atoms with Crippen molar-refractivity contribution in [2.24, 2.45) is 29.6 Å². The van der Waals surface area contributed by atoms with Gasteiger partial charge in [-0.3, -0.25) is 0 Å². The van der Waals surface area contributed by atoms with Gasteiger partial charge < -0.3 is 0 Å². The van der Waals surface area contributed by atoms with Crippen molar-refractivity contribution in [1.82, 2.24) is 0 Å². The zero-order valence-corrected chi connectivity index (χ0v) is 21.7. The zero-order valence-electron chi connectivity index (χ0n) is 21.7. The summed E-state index contributed by atoms with van der Waals surface area (Å²) in [6, 6.07) is 9.61. The van der Waals surface area contributed by atoms with Gasteiger partial charge in [0.15, 0.2) is 0 Å². The van der Waals surface area contributed by atoms with Crippen LogP contribution in [0.4, 0.5) is 0 Å². The van der Waals surface area contributed by atoms with Gasteiger partial charge in [0, 0.05) is 5.92 Å². The van der Waals surface area contributed by atoms with Crippen molar-refractivity contribution < 1.29 is 0 Å². The minimum Gasteiger partial charge on any atom is -0.0879 e. The van der Waals surface area contributed by atoms with E-state index in [4.69, 9.17) is 0 Å². The standard InChI is InChI=1S/C33H50/c1-3-7-27-14-18-30(19-15-27)32-22-24-33(25-23-32)31-20-16-29(17-21-31)9-6-5-8-28-12-10-26(4-2)11-13-28/h5,8,16-17,20-22,24,26-28,30,32-33H,3-4,6-7,9-15,18-19,23,25H2,1-2H3/b8-5+. The van der Waals surface area contributed by atoms with Crippen LogP contribution in [0, 0.1) is 29.6 Å². The molecule has 2 fully saturated rings. The van der Waals surface area contributed by atoms with Crippen LogP contribution in [0.15, 0.2) is 48.6 Å². The number of hydrogen-bond donors (Lipinski definition) is 0. The monoisotopic (exact) mass is 446 g/mol. The highest BCUT2D eigenvalue weighted by Crippen LogP contribution is 2.41. The highest BCUT2D eigenvalue weighted by atomic mass is 14.3. The highest BCUT2D eigenvalue weighted by Gasteiger charge is 2.28. The van der Waals surface area contributed by atoms with Crippen LogP contribution < -0.4 is 0 Å². The molecule has 33 heavy (non-hydrogen) atoms. The Morgan fingerprint density at radius 3 is 2.12 bits per heavy atom. The second-order valence-corrected chi connectivity index (χ2v) is 11.7. The molecule has 2 atom stereocenters. The molecule has 2 saturated carbocycles. The number of aryl methyl sites for hydroxylation is 1. The predicted molar refractivity (Wildman–Crippen MR) is 145 cm³/mol. The molecule has 3 aliphatic carbocycles. The smallest absolute Gasteiger partial charge is 0.00182 e. The summed E-state index contributed by atoms with van der Waals surface area (Å²) in [6.07, 6.45) is 31.1. The Balaban J connectivity index is 1.18. The minimum atomic E-state index is 0.643. The number of hydrogen-bond acceptors (Lipinski definition) is 0. The molecular formula is C33H50. The van der Waals surface area contributed by atoms with E-state index in [1.807, 2.05) is 0 Å². The van der Waals surface area contributed by atoms with Crippen molar-refractivity contribution in [3.8, 4) is 0 Å². The molecule has 1 aromatic rings. The lowest BCUT2D eigenvalue weighted by Crippen LogP contribution is -2.22. The number of rotatable bonds is 9. The first-order chi connectivity index (χ1) is 16.2. The van der Waals surface area contributed by atoms with Crippen LogP contribution in [0.25, 0.3) is 0 Å². The van der Waals surface area contributed by atoms with E-state index in [0.29, 0.717) is 5.92 Å². The molecule has 2 unspecified atom stereocenters. The van der Waals surface area contributed by atoms with Crippen LogP contribution in [0.1, 0.15) is 121 Å². The summed E-state index contributed by atoms with van der Waals surface area (Å²) in [5.74, 6) is 5.35. The fraction of sp³-hybridized carbons (Fsp3) is 0.697. The van der Waals surface area contributed by atoms with E-state index in [1.165, 1.54) is 107 Å². The molecule has 0 N–H and O–H groups in total. The van der Waals surface area contributed by atoms with Gasteiger partial charge in [0.05, 0.1) is 0 Å². The van der Waals surface area contributed by atoms with Gasteiger partial charge in [0.25, 0.3) is 0 Å². The van der Waals surface area contributed by atoms with Gasteiger partial charge in [0.1, 0.15) is 0 Å². The van der Waals surface area contributed by atoms with E-state index >= 15 is 0 Å². The van der Waals surface area contributed by atoms with Gasteiger partial charge in [-0.1, -0.05) is 94.5 Å². The summed E-state index contributed by atoms with van der Waals surface area (Å²) in [5.41, 5.74) is 3.03. The topological polar surface area (TPSA) is 0 Å². The first-order valence-electron chi connectivity index (χ1n) is 14.7. The second kappa shape index (κ2) is 13.0. The third-order valence-electron chi connectivity index (χ3n) is 9.48. The predicted octanol–water partition coefficient (Wildman–Crippen LogP) is 10.0. The molecule has 3 aliphatic rings. The molecule has 0 bridgehead atoms. The molecule has 0 heterocycles. The fourth-order valence-corrected chi connectivity index (χ4v) is 7.08. The van der Waals surface area contributed by atoms with Crippen LogP contribution >= 0.6 is 0 Å². The molecule has 0 spiro atoms. The summed E-state index contributed by atoms with van der Waals surface area (Å²) >= 11 is 0. The molecule has 182 valence electrons. The van der Waals surface area contributed by atoms with E-state index in [1.54, 1.807) is 0 Å². The van der Waals surface area contributed by atoms with Crippen molar-refractivity contribution in [3.05, 3.63) is 59.7 Å². The Morgan fingerprint density at radius 2 is 1.48 bits per heavy atom. The van der Waals surface area contributed by atoms with E-state index in [0.717, 1.165) is 29.6 Å². The number of benzene rings is 1. The Kier molecular flexibility index (Phi) is 9.75. The van der Waals surface area contributed by atoms with Crippen LogP contribution in [0.5, 0.6) is 0 Å². The molecule has 4 rings (SSSR count). The average molecular weight is 447 g/mol. The molecule has 0 aromatic heterocycles. The lowest BCUT2D eigenvalue weighted by atomic mass is 9.70. The zero-order chi connectivity index (χ0) is 22.9. The van der Waals surface area contributed by atoms with Gasteiger partial charge >= 0.3 is 0 Å². The Morgan fingerprint density at radius 1 is 0.758 bits per heavy atom. The quantitative estimate of drug-likeness (QED) is 0.331. The van der Waals surface area contributed by atoms with E-state index in [-0.39, 0.29) is 0 Å². The molecule has 0 nitrogen and oxygen atoms in total. The summed E-state index contributed by atoms with van der Waals surface area (Å²) in [7, 11) is 0. The van der Waals surface area contributed by atoms with Gasteiger partial charge in [-0.25, -0.2) is 0 Å². The summed E-state index contributed by atoms with van der Waals surface area (Å²) in [4.78, 5) is 0. The van der Waals surface area contributed by atoms with Gasteiger partial charge in [-0.05, 0) is 105 Å². The molecule has 0 radical (unpaired) electrons. The normalized spacial score (nSPS) is 32.9. The van der Waals surface area contributed by atoms with Crippen molar-refractivity contribution in [2.75, 3.05) is 0 Å². The molecule has 1 aromatic carbocycles. The maximum Gasteiger partial charge on any atom is 0.00182 e. The van der Waals surface area contributed by atoms with Crippen molar-refractivity contribution in [1.29, 1.82) is 0 Å². The summed E-state index contributed by atoms with van der Waals surface area (Å²) < 4.78 is 0. The van der Waals surface area contributed by atoms with E-state index in [2.05, 4.69) is 62.4 Å². The third kappa shape index (κ3) is 7.34. The number of allylic oxidation sites excluding steroid dienone is 4. The SMILES string of the molecule is CCCC1CCC(C2C=CC(c3ccc(CC/C=C/C4CCC(CC)CC4)cc3)CC2)CC1. The van der Waals surface area contributed by atoms with Crippen LogP contribution in [-0.2, 0) is 6.42 Å². The first kappa shape index (κ1) is 24.8. The van der Waals surface area contributed by atoms with Crippen molar-refractivity contribution in [2.45, 2.75) is 116 Å². The maximum atomic E-state index is 2.60. The molecule has 0 saturated heterocycles. The Hall–Kier alpha value is -1.30. The van der Waals surface area contributed by atoms with E-state index < -0.39 is 0 Å². The highest BCUT2D eigenvalue weighted by molar-refractivity contribution is 5.29. The van der Waals surface area contributed by atoms with Crippen LogP contribution in [0.3, 0.4) is 0 Å². The Labute approximate surface area is 205 Å². The second-order valence-electron chi connectivity index (χ2n) is 11.7. The molecule has 0 amide bonds. The minimum absolute atomic E-state index is 0.643. The third-order valence-corrected chi connectivity index (χ3v) is 9.48. The maximum absolute atomic E-state index is 2.60. The van der Waals surface area contributed by atoms with Gasteiger partial charge in [-0.15, -0.1) is 0 Å². The molecular weight excluding hydrogens is 396 g/mol. The summed E-state index contributed by atoms with van der Waals surface area (Å²) in [5, 5.41) is 0. The fourth-order valence-electron chi connectivity index (χ4n) is 7.08. The average Bonchev–Trinajstić information content (AvgIpc) is 2.88. The van der Waals surface area contributed by atoms with E-state index in [9.17, 15) is 0 Å².